The van der Waals surface area contributed by atoms with Gasteiger partial charge in [-0.05, 0) is 67.4 Å². The van der Waals surface area contributed by atoms with E-state index in [-0.39, 0.29) is 5.91 Å². The topological polar surface area (TPSA) is 74.6 Å². The van der Waals surface area contributed by atoms with Gasteiger partial charge in [0.05, 0.1) is 31.8 Å². The van der Waals surface area contributed by atoms with Crippen molar-refractivity contribution in [2.75, 3.05) is 27.4 Å². The first-order valence-corrected chi connectivity index (χ1v) is 12.1. The number of aromatic nitrogens is 2. The summed E-state index contributed by atoms with van der Waals surface area (Å²) < 4.78 is 18.7. The third-order valence-corrected chi connectivity index (χ3v) is 6.60. The highest BCUT2D eigenvalue weighted by atomic mass is 35.5. The van der Waals surface area contributed by atoms with E-state index in [0.29, 0.717) is 43.2 Å². The van der Waals surface area contributed by atoms with Crippen molar-refractivity contribution in [2.45, 2.75) is 26.8 Å². The lowest BCUT2D eigenvalue weighted by Gasteiger charge is -2.13. The molecule has 0 spiro atoms. The van der Waals surface area contributed by atoms with Gasteiger partial charge in [0.25, 0.3) is 5.91 Å². The van der Waals surface area contributed by atoms with E-state index in [1.165, 1.54) is 0 Å². The van der Waals surface area contributed by atoms with Crippen LogP contribution in [0.15, 0.2) is 54.6 Å². The molecule has 1 aromatic heterocycles. The van der Waals surface area contributed by atoms with Crippen molar-refractivity contribution >= 4 is 28.5 Å². The molecule has 0 aliphatic carbocycles. The molecule has 0 bridgehead atoms. The zero-order valence-corrected chi connectivity index (χ0v) is 21.7. The number of nitrogens with one attached hydrogen (secondary N) is 1. The van der Waals surface area contributed by atoms with Gasteiger partial charge in [0.2, 0.25) is 0 Å². The molecule has 0 saturated heterocycles. The number of hydrogen-bond acceptors (Lipinski definition) is 5. The highest BCUT2D eigenvalue weighted by molar-refractivity contribution is 6.32. The number of carbonyl (C=O) groups excluding carboxylic acids is 1. The molecule has 1 heterocycles. The van der Waals surface area contributed by atoms with E-state index in [9.17, 15) is 4.79 Å². The van der Waals surface area contributed by atoms with Crippen molar-refractivity contribution in [3.05, 3.63) is 82.1 Å². The number of nitrogens with zero attached hydrogens (tertiary/aromatic N) is 2. The number of para-hydroxylation sites is 2. The van der Waals surface area contributed by atoms with Crippen LogP contribution in [-0.2, 0) is 13.0 Å². The lowest BCUT2D eigenvalue weighted by molar-refractivity contribution is 0.0953. The van der Waals surface area contributed by atoms with Gasteiger partial charge in [0.15, 0.2) is 11.5 Å². The Labute approximate surface area is 216 Å². The van der Waals surface area contributed by atoms with Crippen molar-refractivity contribution in [3.63, 3.8) is 0 Å². The Kier molecular flexibility index (Phi) is 8.00. The first-order chi connectivity index (χ1) is 17.4. The highest BCUT2D eigenvalue weighted by Gasteiger charge is 2.14. The molecule has 4 rings (SSSR count). The maximum atomic E-state index is 12.7. The van der Waals surface area contributed by atoms with Gasteiger partial charge < -0.3 is 24.1 Å². The zero-order valence-electron chi connectivity index (χ0n) is 20.9. The predicted octanol–water partition coefficient (Wildman–Crippen LogP) is 5.38. The van der Waals surface area contributed by atoms with Crippen LogP contribution in [0.3, 0.4) is 0 Å². The molecule has 1 amide bonds. The molecule has 0 fully saturated rings. The number of imidazole rings is 1. The molecule has 1 N–H and O–H groups in total. The molecule has 3 aromatic carbocycles. The molecule has 36 heavy (non-hydrogen) atoms. The summed E-state index contributed by atoms with van der Waals surface area (Å²) in [6, 6.07) is 17.0. The first-order valence-electron chi connectivity index (χ1n) is 11.7. The maximum absolute atomic E-state index is 12.7. The number of methoxy groups -OCH3 is 2. The quantitative estimate of drug-likeness (QED) is 0.312. The Hall–Kier alpha value is -3.71. The third-order valence-electron chi connectivity index (χ3n) is 6.01. The lowest BCUT2D eigenvalue weighted by atomic mass is 10.1. The fourth-order valence-corrected chi connectivity index (χ4v) is 4.29. The van der Waals surface area contributed by atoms with Crippen LogP contribution in [0.2, 0.25) is 5.02 Å². The molecular weight excluding hydrogens is 478 g/mol. The number of fused-ring (bicyclic) bond motifs is 1. The Morgan fingerprint density at radius 2 is 1.72 bits per heavy atom. The monoisotopic (exact) mass is 507 g/mol. The summed E-state index contributed by atoms with van der Waals surface area (Å²) in [5, 5.41) is 3.74. The standard InChI is InChI=1S/C28H30ClN3O4/c1-18-15-21(16-19(2)27(18)29)36-14-13-32-23-8-6-5-7-22(23)31-26(32)11-12-30-28(33)20-9-10-24(34-3)25(17-20)35-4/h5-10,15-17H,11-14H2,1-4H3,(H,30,33). The largest absolute Gasteiger partial charge is 0.493 e. The minimum absolute atomic E-state index is 0.185. The number of hydrogen-bond donors (Lipinski definition) is 1. The molecule has 0 atom stereocenters. The summed E-state index contributed by atoms with van der Waals surface area (Å²) in [7, 11) is 3.11. The molecule has 7 nitrogen and oxygen atoms in total. The van der Waals surface area contributed by atoms with Crippen LogP contribution in [0.5, 0.6) is 17.2 Å². The SMILES string of the molecule is COc1ccc(C(=O)NCCc2nc3ccccc3n2CCOc2cc(C)c(Cl)c(C)c2)cc1OC. The molecule has 0 aliphatic rings. The summed E-state index contributed by atoms with van der Waals surface area (Å²) >= 11 is 6.28. The van der Waals surface area contributed by atoms with E-state index in [4.69, 9.17) is 30.8 Å². The summed E-state index contributed by atoms with van der Waals surface area (Å²) in [5.41, 5.74) is 4.43. The molecule has 4 aromatic rings. The van der Waals surface area contributed by atoms with Crippen LogP contribution >= 0.6 is 11.6 Å². The smallest absolute Gasteiger partial charge is 0.251 e. The fraction of sp³-hybridized carbons (Fsp3) is 0.286. The number of ether oxygens (including phenoxy) is 3. The fourth-order valence-electron chi connectivity index (χ4n) is 4.18. The third kappa shape index (κ3) is 5.57. The van der Waals surface area contributed by atoms with E-state index in [1.54, 1.807) is 32.4 Å². The minimum Gasteiger partial charge on any atom is -0.493 e. The molecule has 0 radical (unpaired) electrons. The van der Waals surface area contributed by atoms with Crippen LogP contribution in [-0.4, -0.2) is 42.8 Å². The zero-order chi connectivity index (χ0) is 25.7. The van der Waals surface area contributed by atoms with Gasteiger partial charge in [0.1, 0.15) is 18.2 Å². The van der Waals surface area contributed by atoms with Crippen LogP contribution in [0.25, 0.3) is 11.0 Å². The highest BCUT2D eigenvalue weighted by Crippen LogP contribution is 2.28. The van der Waals surface area contributed by atoms with Gasteiger partial charge in [0, 0.05) is 23.6 Å². The Balaban J connectivity index is 1.43. The first kappa shape index (κ1) is 25.4. The Bertz CT molecular complexity index is 1360. The molecule has 0 unspecified atom stereocenters. The summed E-state index contributed by atoms with van der Waals surface area (Å²) in [6.07, 6.45) is 0.576. The van der Waals surface area contributed by atoms with Gasteiger partial charge in [-0.2, -0.15) is 0 Å². The van der Waals surface area contributed by atoms with Gasteiger partial charge in [-0.3, -0.25) is 4.79 Å². The van der Waals surface area contributed by atoms with Crippen LogP contribution in [0.4, 0.5) is 0 Å². The number of amides is 1. The Morgan fingerprint density at radius 1 is 1.00 bits per heavy atom. The van der Waals surface area contributed by atoms with Crippen molar-refractivity contribution in [1.29, 1.82) is 0 Å². The average Bonchev–Trinajstić information content (AvgIpc) is 3.24. The molecular formula is C28H30ClN3O4. The predicted molar refractivity (Wildman–Crippen MR) is 142 cm³/mol. The second kappa shape index (κ2) is 11.4. The van der Waals surface area contributed by atoms with E-state index >= 15 is 0 Å². The average molecular weight is 508 g/mol. The number of rotatable bonds is 10. The van der Waals surface area contributed by atoms with E-state index < -0.39 is 0 Å². The maximum Gasteiger partial charge on any atom is 0.251 e. The van der Waals surface area contributed by atoms with Gasteiger partial charge in [-0.15, -0.1) is 0 Å². The second-order valence-corrected chi connectivity index (χ2v) is 8.84. The summed E-state index contributed by atoms with van der Waals surface area (Å²) in [5.74, 6) is 2.58. The summed E-state index contributed by atoms with van der Waals surface area (Å²) in [6.45, 7) is 5.49. The minimum atomic E-state index is -0.185. The second-order valence-electron chi connectivity index (χ2n) is 8.46. The van der Waals surface area contributed by atoms with E-state index in [2.05, 4.69) is 9.88 Å². The van der Waals surface area contributed by atoms with Crippen LogP contribution in [0.1, 0.15) is 27.3 Å². The number of halogens is 1. The number of aryl methyl sites for hydroxylation is 2. The van der Waals surface area contributed by atoms with E-state index in [1.807, 2.05) is 50.2 Å². The number of benzene rings is 3. The molecule has 0 aliphatic heterocycles. The van der Waals surface area contributed by atoms with Gasteiger partial charge in [-0.1, -0.05) is 23.7 Å². The van der Waals surface area contributed by atoms with E-state index in [0.717, 1.165) is 38.8 Å². The van der Waals surface area contributed by atoms with Gasteiger partial charge in [-0.25, -0.2) is 4.98 Å². The van der Waals surface area contributed by atoms with Crippen molar-refractivity contribution in [2.24, 2.45) is 0 Å². The lowest BCUT2D eigenvalue weighted by Crippen LogP contribution is -2.26. The van der Waals surface area contributed by atoms with Gasteiger partial charge >= 0.3 is 0 Å². The normalized spacial score (nSPS) is 10.9. The molecule has 8 heteroatoms. The number of carbonyl (C=O) groups is 1. The summed E-state index contributed by atoms with van der Waals surface area (Å²) in [4.78, 5) is 17.5. The van der Waals surface area contributed by atoms with Crippen LogP contribution < -0.4 is 19.5 Å². The Morgan fingerprint density at radius 3 is 2.44 bits per heavy atom. The molecule has 0 saturated carbocycles. The van der Waals surface area contributed by atoms with Crippen molar-refractivity contribution in [3.8, 4) is 17.2 Å². The van der Waals surface area contributed by atoms with Crippen LogP contribution in [0, 0.1) is 13.8 Å². The molecule has 188 valence electrons. The van der Waals surface area contributed by atoms with Crippen molar-refractivity contribution in [1.82, 2.24) is 14.9 Å². The van der Waals surface area contributed by atoms with Crippen molar-refractivity contribution < 1.29 is 19.0 Å².